The van der Waals surface area contributed by atoms with Gasteiger partial charge in [0.1, 0.15) is 28.8 Å². The molecular formula is C41H42N2O8. The Hall–Kier alpha value is -4.82. The summed E-state index contributed by atoms with van der Waals surface area (Å²) in [4.78, 5) is 31.6. The molecule has 51 heavy (non-hydrogen) atoms. The number of esters is 1. The first-order chi connectivity index (χ1) is 24.5. The smallest absolute Gasteiger partial charge is 0.345 e. The molecule has 2 aromatic heterocycles. The third-order valence-electron chi connectivity index (χ3n) is 11.7. The molecule has 1 aliphatic heterocycles. The third kappa shape index (κ3) is 6.03. The first-order valence-corrected chi connectivity index (χ1v) is 17.4. The molecule has 9 unspecified atom stereocenters. The van der Waals surface area contributed by atoms with Crippen LogP contribution in [0.25, 0.3) is 11.3 Å². The van der Waals surface area contributed by atoms with E-state index in [-0.39, 0.29) is 40.6 Å². The number of benzene rings is 2. The molecule has 3 heterocycles. The van der Waals surface area contributed by atoms with Crippen LogP contribution >= 0.6 is 0 Å². The van der Waals surface area contributed by atoms with Gasteiger partial charge in [-0.05, 0) is 86.8 Å². The number of hydrogen-bond donors (Lipinski definition) is 1. The molecule has 0 amide bonds. The molecule has 264 valence electrons. The Labute approximate surface area is 297 Å². The Morgan fingerprint density at radius 1 is 1.12 bits per heavy atom. The van der Waals surface area contributed by atoms with Crippen LogP contribution in [0.5, 0.6) is 5.75 Å². The number of fused-ring (bicyclic) bond motifs is 4. The Kier molecular flexibility index (Phi) is 9.08. The zero-order valence-corrected chi connectivity index (χ0v) is 29.4. The van der Waals surface area contributed by atoms with Gasteiger partial charge in [-0.1, -0.05) is 43.7 Å². The zero-order chi connectivity index (χ0) is 36.1. The molecule has 9 atom stereocenters. The summed E-state index contributed by atoms with van der Waals surface area (Å²) in [5.74, 6) is -0.948. The van der Waals surface area contributed by atoms with Crippen molar-refractivity contribution < 1.29 is 33.3 Å². The van der Waals surface area contributed by atoms with Crippen LogP contribution in [0.2, 0.25) is 0 Å². The maximum atomic E-state index is 13.8. The number of aromatic nitrogens is 1. The highest BCUT2D eigenvalue weighted by Gasteiger charge is 2.68. The highest BCUT2D eigenvalue weighted by Crippen LogP contribution is 2.65. The average molecular weight is 691 g/mol. The van der Waals surface area contributed by atoms with Gasteiger partial charge in [-0.15, -0.1) is 0 Å². The molecule has 0 radical (unpaired) electrons. The lowest BCUT2D eigenvalue weighted by Gasteiger charge is -2.64. The number of methoxy groups -OCH3 is 1. The van der Waals surface area contributed by atoms with Crippen molar-refractivity contribution in [3.8, 4) is 23.1 Å². The van der Waals surface area contributed by atoms with Crippen LogP contribution < -0.4 is 10.4 Å². The van der Waals surface area contributed by atoms with Gasteiger partial charge in [0.25, 0.3) is 0 Å². The Balaban J connectivity index is 1.27. The lowest BCUT2D eigenvalue weighted by molar-refractivity contribution is -0.258. The van der Waals surface area contributed by atoms with E-state index in [9.17, 15) is 20.0 Å². The summed E-state index contributed by atoms with van der Waals surface area (Å²) in [6.45, 7) is 8.17. The number of hydrogen-bond acceptors (Lipinski definition) is 10. The summed E-state index contributed by atoms with van der Waals surface area (Å²) in [5.41, 5.74) is 0.921. The van der Waals surface area contributed by atoms with Gasteiger partial charge in [0.2, 0.25) is 0 Å². The van der Waals surface area contributed by atoms with E-state index < -0.39 is 47.0 Å². The second kappa shape index (κ2) is 13.4. The van der Waals surface area contributed by atoms with E-state index in [1.165, 1.54) is 0 Å². The number of nitriles is 1. The first kappa shape index (κ1) is 34.6. The van der Waals surface area contributed by atoms with Crippen LogP contribution in [0.4, 0.5) is 0 Å². The summed E-state index contributed by atoms with van der Waals surface area (Å²) in [7, 11) is 1.63. The van der Waals surface area contributed by atoms with Crippen molar-refractivity contribution in [2.45, 2.75) is 77.2 Å². The lowest BCUT2D eigenvalue weighted by Crippen LogP contribution is -2.69. The Bertz CT molecular complexity index is 2010. The highest BCUT2D eigenvalue weighted by atomic mass is 16.7. The predicted molar refractivity (Wildman–Crippen MR) is 186 cm³/mol. The predicted octanol–water partition coefficient (Wildman–Crippen LogP) is 7.09. The molecular weight excluding hydrogens is 648 g/mol. The summed E-state index contributed by atoms with van der Waals surface area (Å²) in [5, 5.41) is 21.6. The van der Waals surface area contributed by atoms with E-state index in [0.29, 0.717) is 30.4 Å². The van der Waals surface area contributed by atoms with Crippen LogP contribution in [-0.2, 0) is 14.2 Å². The van der Waals surface area contributed by atoms with Crippen molar-refractivity contribution >= 4 is 5.97 Å². The minimum Gasteiger partial charge on any atom is -0.482 e. The lowest BCUT2D eigenvalue weighted by atomic mass is 9.46. The van der Waals surface area contributed by atoms with Gasteiger partial charge in [-0.2, -0.15) is 5.26 Å². The van der Waals surface area contributed by atoms with Crippen LogP contribution in [0.1, 0.15) is 85.0 Å². The molecule has 2 saturated carbocycles. The number of carbonyl (C=O) groups excluding carboxylic acids is 1. The monoisotopic (exact) mass is 690 g/mol. The number of nitrogens with zero attached hydrogens (tertiary/aromatic N) is 2. The topological polar surface area (TPSA) is 141 Å². The molecule has 10 heteroatoms. The van der Waals surface area contributed by atoms with E-state index in [2.05, 4.69) is 24.9 Å². The summed E-state index contributed by atoms with van der Waals surface area (Å²) < 4.78 is 31.4. The largest absolute Gasteiger partial charge is 0.482 e. The number of rotatable bonds is 7. The molecule has 10 nitrogen and oxygen atoms in total. The summed E-state index contributed by atoms with van der Waals surface area (Å²) in [6.07, 6.45) is 2.09. The molecule has 0 saturated heterocycles. The van der Waals surface area contributed by atoms with Crippen molar-refractivity contribution in [2.75, 3.05) is 7.11 Å². The second-order valence-corrected chi connectivity index (χ2v) is 14.6. The fraction of sp³-hybridized carbons (Fsp3) is 0.415. The van der Waals surface area contributed by atoms with E-state index >= 15 is 0 Å². The third-order valence-corrected chi connectivity index (χ3v) is 11.7. The standard InChI is InChI=1S/C41H42N2O8/c1-23-8-12-27(13-9-23)39(47-5)49-30-16-17-40(3)29(24(30)2)19-33(50-37(45)26-14-10-25(21-42)11-15-26)41(4)36(40)35(44)34-32(51-41)20-31(48-38(34)46)28-7-6-18-43-22-28/h6-15,18,20,22,24,29-30,33,35-36,39,44H,16-17,19H2,1-5H3. The van der Waals surface area contributed by atoms with Crippen molar-refractivity contribution in [2.24, 2.45) is 23.2 Å². The number of ether oxygens (including phenoxy) is 4. The fourth-order valence-corrected chi connectivity index (χ4v) is 9.03. The first-order valence-electron chi connectivity index (χ1n) is 17.4. The van der Waals surface area contributed by atoms with Gasteiger partial charge in [0, 0.05) is 42.6 Å². The zero-order valence-electron chi connectivity index (χ0n) is 29.4. The van der Waals surface area contributed by atoms with Gasteiger partial charge in [0.05, 0.1) is 29.4 Å². The molecule has 7 rings (SSSR count). The van der Waals surface area contributed by atoms with Crippen molar-refractivity contribution in [3.05, 3.63) is 117 Å². The fourth-order valence-electron chi connectivity index (χ4n) is 9.03. The van der Waals surface area contributed by atoms with E-state index in [1.54, 1.807) is 62.0 Å². The number of pyridine rings is 1. The van der Waals surface area contributed by atoms with Crippen LogP contribution in [0.3, 0.4) is 0 Å². The summed E-state index contributed by atoms with van der Waals surface area (Å²) in [6, 6.07) is 21.5. The van der Waals surface area contributed by atoms with Gasteiger partial charge in [-0.25, -0.2) is 9.59 Å². The van der Waals surface area contributed by atoms with Gasteiger partial charge < -0.3 is 28.5 Å². The van der Waals surface area contributed by atoms with E-state index in [4.69, 9.17) is 23.4 Å². The molecule has 2 aliphatic carbocycles. The molecule has 2 fully saturated rings. The maximum absolute atomic E-state index is 13.8. The normalized spacial score (nSPS) is 30.1. The van der Waals surface area contributed by atoms with E-state index in [0.717, 1.165) is 11.1 Å². The molecule has 3 aliphatic rings. The minimum atomic E-state index is -1.27. The number of aliphatic hydroxyl groups excluding tert-OH is 1. The van der Waals surface area contributed by atoms with Gasteiger partial charge in [0.15, 0.2) is 6.29 Å². The van der Waals surface area contributed by atoms with Crippen LogP contribution in [-0.4, -0.2) is 41.0 Å². The number of aryl methyl sites for hydroxylation is 1. The molecule has 0 bridgehead atoms. The Morgan fingerprint density at radius 3 is 2.53 bits per heavy atom. The van der Waals surface area contributed by atoms with Gasteiger partial charge in [-0.3, -0.25) is 4.98 Å². The second-order valence-electron chi connectivity index (χ2n) is 14.6. The van der Waals surface area contributed by atoms with Crippen molar-refractivity contribution in [1.82, 2.24) is 4.98 Å². The van der Waals surface area contributed by atoms with Gasteiger partial charge >= 0.3 is 11.6 Å². The quantitative estimate of drug-likeness (QED) is 0.158. The molecule has 0 spiro atoms. The van der Waals surface area contributed by atoms with Crippen molar-refractivity contribution in [3.63, 3.8) is 0 Å². The SMILES string of the molecule is COC(OC1CCC2(C)C(CC(OC(=O)c3ccc(C#N)cc3)C3(C)Oc4cc(-c5cccnc5)oc(=O)c4C(O)C23)C1C)c1ccc(C)cc1. The van der Waals surface area contributed by atoms with Crippen molar-refractivity contribution in [1.29, 1.82) is 5.26 Å². The molecule has 4 aromatic rings. The number of aliphatic hydroxyl groups is 1. The summed E-state index contributed by atoms with van der Waals surface area (Å²) >= 11 is 0. The van der Waals surface area contributed by atoms with E-state index in [1.807, 2.05) is 38.1 Å². The van der Waals surface area contributed by atoms with Crippen LogP contribution in [0.15, 0.2) is 88.3 Å². The van der Waals surface area contributed by atoms with Crippen LogP contribution in [0, 0.1) is 41.4 Å². The Morgan fingerprint density at radius 2 is 1.86 bits per heavy atom. The maximum Gasteiger partial charge on any atom is 0.345 e. The molecule has 2 aromatic carbocycles. The highest BCUT2D eigenvalue weighted by molar-refractivity contribution is 5.89. The minimum absolute atomic E-state index is 0.0500. The molecule has 1 N–H and O–H groups in total. The average Bonchev–Trinajstić information content (AvgIpc) is 3.12. The number of carbonyl (C=O) groups is 1.